The molecule has 118 valence electrons. The van der Waals surface area contributed by atoms with E-state index < -0.39 is 0 Å². The molecule has 0 saturated carbocycles. The van der Waals surface area contributed by atoms with E-state index in [-0.39, 0.29) is 12.3 Å². The number of benzene rings is 1. The van der Waals surface area contributed by atoms with Gasteiger partial charge in [0.05, 0.1) is 24.3 Å². The number of aromatic nitrogens is 1. The Morgan fingerprint density at radius 3 is 2.61 bits per heavy atom. The summed E-state index contributed by atoms with van der Waals surface area (Å²) in [4.78, 5) is 20.7. The number of hydrogen-bond donors (Lipinski definition) is 1. The van der Waals surface area contributed by atoms with Crippen molar-refractivity contribution in [3.05, 3.63) is 56.8 Å². The molecule has 1 N–H and O–H groups in total. The van der Waals surface area contributed by atoms with Crippen LogP contribution in [0, 0.1) is 0 Å². The Balaban J connectivity index is 1.56. The molecule has 0 aliphatic carbocycles. The van der Waals surface area contributed by atoms with E-state index >= 15 is 0 Å². The molecule has 0 atom stereocenters. The van der Waals surface area contributed by atoms with E-state index in [1.165, 1.54) is 0 Å². The Morgan fingerprint density at radius 1 is 1.13 bits per heavy atom. The van der Waals surface area contributed by atoms with Crippen molar-refractivity contribution in [2.75, 3.05) is 6.54 Å². The topological polar surface area (TPSA) is 54.4 Å². The number of nitrogens with one attached hydrogen (secondary N) is 1. The Morgan fingerprint density at radius 2 is 1.87 bits per heavy atom. The molecule has 2 aromatic rings. The van der Waals surface area contributed by atoms with Gasteiger partial charge < -0.3 is 5.32 Å². The van der Waals surface area contributed by atoms with Crippen LogP contribution in [0.5, 0.6) is 0 Å². The van der Waals surface area contributed by atoms with Crippen LogP contribution in [-0.2, 0) is 17.6 Å². The van der Waals surface area contributed by atoms with E-state index in [1.807, 2.05) is 6.07 Å². The standard InChI is InChI=1S/C16H12Cl3N3O/c17-10-3-9(4-11(18)6-10)5-16(23)20-8-12-7-14-13(21-12)1-2-15(19)22-14/h1-4,6H,5,7-8H2,(H,20,23). The fraction of sp³-hybridized carbons (Fsp3) is 0.188. The van der Waals surface area contributed by atoms with Crippen molar-refractivity contribution in [1.29, 1.82) is 0 Å². The first-order valence-corrected chi connectivity index (χ1v) is 8.06. The predicted molar refractivity (Wildman–Crippen MR) is 93.2 cm³/mol. The molecule has 23 heavy (non-hydrogen) atoms. The summed E-state index contributed by atoms with van der Waals surface area (Å²) in [5, 5.41) is 4.32. The second kappa shape index (κ2) is 6.87. The van der Waals surface area contributed by atoms with Gasteiger partial charge in [-0.15, -0.1) is 0 Å². The summed E-state index contributed by atoms with van der Waals surface area (Å²) in [6.07, 6.45) is 0.809. The van der Waals surface area contributed by atoms with Gasteiger partial charge in [0.15, 0.2) is 0 Å². The van der Waals surface area contributed by atoms with Gasteiger partial charge in [-0.3, -0.25) is 9.79 Å². The highest BCUT2D eigenvalue weighted by Gasteiger charge is 2.17. The molecule has 1 aromatic heterocycles. The third kappa shape index (κ3) is 4.22. The molecule has 0 unspecified atom stereocenters. The van der Waals surface area contributed by atoms with Crippen LogP contribution in [0.1, 0.15) is 11.3 Å². The van der Waals surface area contributed by atoms with Gasteiger partial charge in [-0.05, 0) is 35.9 Å². The maximum atomic E-state index is 12.0. The highest BCUT2D eigenvalue weighted by molar-refractivity contribution is 6.34. The molecular formula is C16H12Cl3N3O. The summed E-state index contributed by atoms with van der Waals surface area (Å²) >= 11 is 17.7. The van der Waals surface area contributed by atoms with E-state index in [4.69, 9.17) is 34.8 Å². The molecule has 1 aliphatic rings. The van der Waals surface area contributed by atoms with Gasteiger partial charge in [0.25, 0.3) is 0 Å². The Bertz CT molecular complexity index is 785. The smallest absolute Gasteiger partial charge is 0.224 e. The van der Waals surface area contributed by atoms with Crippen LogP contribution in [0.3, 0.4) is 0 Å². The van der Waals surface area contributed by atoms with Crippen molar-refractivity contribution in [2.45, 2.75) is 12.8 Å². The van der Waals surface area contributed by atoms with E-state index in [1.54, 1.807) is 24.3 Å². The van der Waals surface area contributed by atoms with Crippen molar-refractivity contribution in [1.82, 2.24) is 10.3 Å². The molecule has 0 radical (unpaired) electrons. The Hall–Kier alpha value is -1.62. The number of hydrogen-bond acceptors (Lipinski definition) is 3. The van der Waals surface area contributed by atoms with Gasteiger partial charge >= 0.3 is 0 Å². The van der Waals surface area contributed by atoms with E-state index in [0.29, 0.717) is 28.2 Å². The second-order valence-corrected chi connectivity index (χ2v) is 6.45. The number of halogens is 3. The molecule has 0 spiro atoms. The SMILES string of the molecule is O=C(Cc1cc(Cl)cc(Cl)c1)NCC1=Nc2ccc(Cl)nc2C1. The zero-order valence-corrected chi connectivity index (χ0v) is 14.2. The maximum Gasteiger partial charge on any atom is 0.224 e. The highest BCUT2D eigenvalue weighted by atomic mass is 35.5. The molecule has 1 aliphatic heterocycles. The molecule has 1 aromatic carbocycles. The first kappa shape index (κ1) is 16.2. The van der Waals surface area contributed by atoms with Crippen LogP contribution in [-0.4, -0.2) is 23.1 Å². The molecular weight excluding hydrogens is 357 g/mol. The van der Waals surface area contributed by atoms with Crippen molar-refractivity contribution in [2.24, 2.45) is 4.99 Å². The lowest BCUT2D eigenvalue weighted by atomic mass is 10.1. The number of aliphatic imine (C=N–C) groups is 1. The highest BCUT2D eigenvalue weighted by Crippen LogP contribution is 2.26. The van der Waals surface area contributed by atoms with Gasteiger partial charge in [-0.1, -0.05) is 34.8 Å². The molecule has 3 rings (SSSR count). The summed E-state index contributed by atoms with van der Waals surface area (Å²) in [7, 11) is 0. The summed E-state index contributed by atoms with van der Waals surface area (Å²) in [6, 6.07) is 8.61. The normalized spacial score (nSPS) is 12.7. The minimum atomic E-state index is -0.118. The number of fused-ring (bicyclic) bond motifs is 1. The molecule has 7 heteroatoms. The lowest BCUT2D eigenvalue weighted by Crippen LogP contribution is -2.30. The maximum absolute atomic E-state index is 12.0. The lowest BCUT2D eigenvalue weighted by Gasteiger charge is -2.06. The molecule has 0 bridgehead atoms. The molecule has 0 saturated heterocycles. The third-order valence-electron chi connectivity index (χ3n) is 3.34. The zero-order chi connectivity index (χ0) is 16.4. The average Bonchev–Trinajstić information content (AvgIpc) is 2.86. The lowest BCUT2D eigenvalue weighted by molar-refractivity contribution is -0.120. The number of pyridine rings is 1. The van der Waals surface area contributed by atoms with Crippen LogP contribution >= 0.6 is 34.8 Å². The van der Waals surface area contributed by atoms with E-state index in [0.717, 1.165) is 22.7 Å². The Kier molecular flexibility index (Phi) is 4.85. The number of amides is 1. The van der Waals surface area contributed by atoms with Gasteiger partial charge in [-0.2, -0.15) is 0 Å². The van der Waals surface area contributed by atoms with Crippen LogP contribution in [0.25, 0.3) is 0 Å². The van der Waals surface area contributed by atoms with Crippen molar-refractivity contribution >= 4 is 52.1 Å². The molecule has 2 heterocycles. The van der Waals surface area contributed by atoms with E-state index in [9.17, 15) is 4.79 Å². The van der Waals surface area contributed by atoms with Crippen molar-refractivity contribution < 1.29 is 4.79 Å². The first-order chi connectivity index (χ1) is 11.0. The Labute approximate surface area is 148 Å². The number of carbonyl (C=O) groups is 1. The van der Waals surface area contributed by atoms with Gasteiger partial charge in [0.1, 0.15) is 5.15 Å². The van der Waals surface area contributed by atoms with Crippen LogP contribution in [0.4, 0.5) is 5.69 Å². The number of nitrogens with zero attached hydrogens (tertiary/aromatic N) is 2. The summed E-state index contributed by atoms with van der Waals surface area (Å²) in [5.74, 6) is -0.118. The first-order valence-electron chi connectivity index (χ1n) is 6.93. The average molecular weight is 369 g/mol. The molecule has 1 amide bonds. The minimum absolute atomic E-state index is 0.118. The summed E-state index contributed by atoms with van der Waals surface area (Å²) < 4.78 is 0. The van der Waals surface area contributed by atoms with E-state index in [2.05, 4.69) is 15.3 Å². The molecule has 0 fully saturated rings. The number of carbonyl (C=O) groups excluding carboxylic acids is 1. The van der Waals surface area contributed by atoms with Crippen LogP contribution < -0.4 is 5.32 Å². The van der Waals surface area contributed by atoms with Gasteiger partial charge in [0.2, 0.25) is 5.91 Å². The van der Waals surface area contributed by atoms with Crippen molar-refractivity contribution in [3.63, 3.8) is 0 Å². The quantitative estimate of drug-likeness (QED) is 0.828. The van der Waals surface area contributed by atoms with Crippen molar-refractivity contribution in [3.8, 4) is 0 Å². The monoisotopic (exact) mass is 367 g/mol. The third-order valence-corrected chi connectivity index (χ3v) is 3.99. The fourth-order valence-electron chi connectivity index (χ4n) is 2.37. The largest absolute Gasteiger partial charge is 0.350 e. The summed E-state index contributed by atoms with van der Waals surface area (Å²) in [6.45, 7) is 0.376. The zero-order valence-electron chi connectivity index (χ0n) is 11.9. The predicted octanol–water partition coefficient (Wildman–Crippen LogP) is 4.03. The molecule has 4 nitrogen and oxygen atoms in total. The van der Waals surface area contributed by atoms with Crippen LogP contribution in [0.15, 0.2) is 35.3 Å². The summed E-state index contributed by atoms with van der Waals surface area (Å²) in [5.41, 5.74) is 3.26. The second-order valence-electron chi connectivity index (χ2n) is 5.19. The minimum Gasteiger partial charge on any atom is -0.350 e. The van der Waals surface area contributed by atoms with Gasteiger partial charge in [0, 0.05) is 22.2 Å². The number of rotatable bonds is 4. The van der Waals surface area contributed by atoms with Gasteiger partial charge in [-0.25, -0.2) is 4.98 Å². The fourth-order valence-corrected chi connectivity index (χ4v) is 3.10. The van der Waals surface area contributed by atoms with Crippen LogP contribution in [0.2, 0.25) is 15.2 Å².